The molecule has 0 bridgehead atoms. The number of fused-ring (bicyclic) bond motifs is 1. The van der Waals surface area contributed by atoms with Crippen molar-refractivity contribution in [2.45, 2.75) is 19.9 Å². The Labute approximate surface area is 190 Å². The van der Waals surface area contributed by atoms with Crippen molar-refractivity contribution in [3.8, 4) is 11.8 Å². The number of hydrogen-bond donors (Lipinski definition) is 3. The van der Waals surface area contributed by atoms with E-state index < -0.39 is 29.1 Å². The average Bonchev–Trinajstić information content (AvgIpc) is 2.74. The third-order valence-electron chi connectivity index (χ3n) is 5.11. The zero-order valence-electron chi connectivity index (χ0n) is 17.9. The van der Waals surface area contributed by atoms with Gasteiger partial charge in [0.25, 0.3) is 5.56 Å². The lowest BCUT2D eigenvalue weighted by atomic mass is 10.1. The Morgan fingerprint density at radius 2 is 1.76 bits per heavy atom. The monoisotopic (exact) mass is 466 g/mol. The van der Waals surface area contributed by atoms with Crippen LogP contribution in [-0.4, -0.2) is 19.5 Å². The first-order chi connectivity index (χ1) is 16.1. The van der Waals surface area contributed by atoms with E-state index in [2.05, 4.69) is 20.3 Å². The first-order valence-electron chi connectivity index (χ1n) is 9.88. The van der Waals surface area contributed by atoms with Crippen molar-refractivity contribution >= 4 is 28.5 Å². The molecule has 0 amide bonds. The van der Waals surface area contributed by atoms with Crippen LogP contribution in [-0.2, 0) is 0 Å². The van der Waals surface area contributed by atoms with Crippen molar-refractivity contribution in [2.75, 3.05) is 16.8 Å². The van der Waals surface area contributed by atoms with E-state index >= 15 is 0 Å². The molecule has 0 saturated carbocycles. The number of nitrogen functional groups attached to an aromatic ring is 2. The topological polar surface area (TPSA) is 149 Å². The molecule has 0 aliphatic carbocycles. The van der Waals surface area contributed by atoms with E-state index in [9.17, 15) is 23.2 Å². The number of nitrogens with zero attached hydrogens (tertiary/aromatic N) is 5. The minimum absolute atomic E-state index is 0.0316. The second-order valence-corrected chi connectivity index (χ2v) is 7.49. The Bertz CT molecular complexity index is 1540. The molecular weight excluding hydrogens is 449 g/mol. The average molecular weight is 466 g/mol. The normalized spacial score (nSPS) is 11.9. The van der Waals surface area contributed by atoms with Crippen LogP contribution in [0.4, 0.5) is 30.8 Å². The highest BCUT2D eigenvalue weighted by molar-refractivity contribution is 5.82. The number of nitrogens with two attached hydrogens (primary N) is 2. The summed E-state index contributed by atoms with van der Waals surface area (Å²) < 4.78 is 43.6. The van der Waals surface area contributed by atoms with E-state index in [4.69, 9.17) is 11.5 Å². The van der Waals surface area contributed by atoms with Crippen molar-refractivity contribution in [1.82, 2.24) is 19.5 Å². The smallest absolute Gasteiger partial charge is 0.269 e. The van der Waals surface area contributed by atoms with Crippen molar-refractivity contribution in [1.29, 1.82) is 5.26 Å². The van der Waals surface area contributed by atoms with Crippen molar-refractivity contribution in [3.63, 3.8) is 0 Å². The van der Waals surface area contributed by atoms with E-state index in [1.165, 1.54) is 6.07 Å². The third kappa shape index (κ3) is 3.83. The van der Waals surface area contributed by atoms with Gasteiger partial charge in [-0.2, -0.15) is 15.2 Å². The minimum atomic E-state index is -0.943. The number of rotatable bonds is 4. The molecule has 0 radical (unpaired) electrons. The van der Waals surface area contributed by atoms with Crippen LogP contribution < -0.4 is 22.3 Å². The zero-order valence-corrected chi connectivity index (χ0v) is 17.9. The number of aryl methyl sites for hydroxylation is 1. The minimum Gasteiger partial charge on any atom is -0.382 e. The molecule has 1 atom stereocenters. The number of hydrogen-bond acceptors (Lipinski definition) is 8. The van der Waals surface area contributed by atoms with Gasteiger partial charge in [-0.25, -0.2) is 18.2 Å². The highest BCUT2D eigenvalue weighted by atomic mass is 19.1. The zero-order chi connectivity index (χ0) is 24.7. The van der Waals surface area contributed by atoms with Crippen LogP contribution in [0.2, 0.25) is 0 Å². The van der Waals surface area contributed by atoms with Crippen molar-refractivity contribution < 1.29 is 13.2 Å². The largest absolute Gasteiger partial charge is 0.382 e. The number of benzene rings is 2. The van der Waals surface area contributed by atoms with Gasteiger partial charge in [-0.05, 0) is 37.6 Å². The quantitative estimate of drug-likeness (QED) is 0.415. The third-order valence-corrected chi connectivity index (χ3v) is 5.11. The van der Waals surface area contributed by atoms with E-state index in [1.54, 1.807) is 13.8 Å². The van der Waals surface area contributed by atoms with E-state index in [0.717, 1.165) is 22.8 Å². The first-order valence-corrected chi connectivity index (χ1v) is 9.88. The Morgan fingerprint density at radius 1 is 1.09 bits per heavy atom. The fourth-order valence-electron chi connectivity index (χ4n) is 3.59. The van der Waals surface area contributed by atoms with Crippen molar-refractivity contribution in [3.05, 3.63) is 75.1 Å². The number of nitrogens with one attached hydrogen (secondary N) is 1. The maximum atomic E-state index is 14.7. The predicted molar refractivity (Wildman–Crippen MR) is 120 cm³/mol. The molecule has 2 heterocycles. The summed E-state index contributed by atoms with van der Waals surface area (Å²) in [6.45, 7) is 3.20. The van der Waals surface area contributed by atoms with Gasteiger partial charge in [-0.3, -0.25) is 9.36 Å². The number of aromatic nitrogens is 4. The fourth-order valence-corrected chi connectivity index (χ4v) is 3.59. The molecule has 1 unspecified atom stereocenters. The molecule has 0 spiro atoms. The predicted octanol–water partition coefficient (Wildman–Crippen LogP) is 3.11. The summed E-state index contributed by atoms with van der Waals surface area (Å²) in [5.74, 6) is -3.17. The van der Waals surface area contributed by atoms with Crippen LogP contribution in [0.5, 0.6) is 0 Å². The highest BCUT2D eigenvalue weighted by Crippen LogP contribution is 2.27. The van der Waals surface area contributed by atoms with Gasteiger partial charge in [0, 0.05) is 6.07 Å². The Kier molecular flexibility index (Phi) is 5.54. The summed E-state index contributed by atoms with van der Waals surface area (Å²) in [5.41, 5.74) is 10.8. The molecule has 172 valence electrons. The summed E-state index contributed by atoms with van der Waals surface area (Å²) >= 11 is 0. The van der Waals surface area contributed by atoms with Gasteiger partial charge < -0.3 is 16.8 Å². The van der Waals surface area contributed by atoms with Crippen LogP contribution in [0, 0.1) is 35.7 Å². The lowest BCUT2D eigenvalue weighted by Crippen LogP contribution is -2.28. The van der Waals surface area contributed by atoms with Gasteiger partial charge in [-0.15, -0.1) is 0 Å². The molecule has 4 aromatic rings. The van der Waals surface area contributed by atoms with Gasteiger partial charge >= 0.3 is 0 Å². The molecule has 0 fully saturated rings. The van der Waals surface area contributed by atoms with Gasteiger partial charge in [0.05, 0.1) is 17.2 Å². The Hall–Kier alpha value is -4.66. The Balaban J connectivity index is 2.01. The maximum Gasteiger partial charge on any atom is 0.269 e. The highest BCUT2D eigenvalue weighted by Gasteiger charge is 2.23. The first kappa shape index (κ1) is 22.5. The van der Waals surface area contributed by atoms with Gasteiger partial charge in [0.2, 0.25) is 5.95 Å². The molecule has 0 aliphatic heterocycles. The number of anilines is 3. The molecule has 2 aromatic heterocycles. The van der Waals surface area contributed by atoms with Gasteiger partial charge in [-0.1, -0.05) is 6.07 Å². The van der Waals surface area contributed by atoms with E-state index in [-0.39, 0.29) is 45.6 Å². The van der Waals surface area contributed by atoms with Crippen LogP contribution in [0.1, 0.15) is 29.9 Å². The van der Waals surface area contributed by atoms with E-state index in [0.29, 0.717) is 11.6 Å². The summed E-state index contributed by atoms with van der Waals surface area (Å²) in [7, 11) is 0. The van der Waals surface area contributed by atoms with E-state index in [1.807, 2.05) is 6.07 Å². The lowest BCUT2D eigenvalue weighted by molar-refractivity contribution is 0.579. The summed E-state index contributed by atoms with van der Waals surface area (Å²) in [6.07, 6.45) is 0. The molecule has 9 nitrogen and oxygen atoms in total. The van der Waals surface area contributed by atoms with Crippen LogP contribution in [0.25, 0.3) is 16.6 Å². The molecule has 2 aromatic carbocycles. The van der Waals surface area contributed by atoms with Crippen LogP contribution in [0.15, 0.2) is 35.1 Å². The van der Waals surface area contributed by atoms with Gasteiger partial charge in [0.15, 0.2) is 5.82 Å². The fraction of sp³-hybridized carbons (Fsp3) is 0.136. The van der Waals surface area contributed by atoms with Crippen LogP contribution >= 0.6 is 0 Å². The molecule has 0 aliphatic rings. The second kappa shape index (κ2) is 8.36. The Morgan fingerprint density at radius 3 is 2.41 bits per heavy atom. The molecule has 4 rings (SSSR count). The second-order valence-electron chi connectivity index (χ2n) is 7.49. The number of halogens is 3. The molecule has 5 N–H and O–H groups in total. The SMILES string of the molecule is Cc1ccc(F)c2c(=O)n(-c3cc(F)cc(F)c3)c(C(C)Nc3nc(N)nc(N)c3C#N)nc12. The standard InChI is InChI=1S/C22H17F3N8O/c1-9-3-4-15(25)16-17(9)30-20(33(21(16)34)13-6-11(23)5-12(24)7-13)10(2)29-19-14(8-26)18(27)31-22(28)32-19/h3-7,10H,1-2H3,(H5,27,28,29,31,32). The lowest BCUT2D eigenvalue weighted by Gasteiger charge is -2.21. The molecule has 0 saturated heterocycles. The molecule has 12 heteroatoms. The molecular formula is C22H17F3N8O. The number of nitriles is 1. The summed E-state index contributed by atoms with van der Waals surface area (Å²) in [6, 6.07) is 6.02. The van der Waals surface area contributed by atoms with Crippen LogP contribution in [0.3, 0.4) is 0 Å². The summed E-state index contributed by atoms with van der Waals surface area (Å²) in [4.78, 5) is 25.6. The maximum absolute atomic E-state index is 14.7. The van der Waals surface area contributed by atoms with Gasteiger partial charge in [0.1, 0.15) is 46.1 Å². The van der Waals surface area contributed by atoms with Crippen molar-refractivity contribution in [2.24, 2.45) is 0 Å². The summed E-state index contributed by atoms with van der Waals surface area (Å²) in [5, 5.41) is 12.0. The molecule has 34 heavy (non-hydrogen) atoms.